The van der Waals surface area contributed by atoms with Crippen molar-refractivity contribution in [3.05, 3.63) is 88.5 Å². The van der Waals surface area contributed by atoms with Crippen LogP contribution in [0.4, 0.5) is 0 Å². The lowest BCUT2D eigenvalue weighted by atomic mass is 9.95. The Labute approximate surface area is 179 Å². The molecule has 29 heavy (non-hydrogen) atoms. The topological polar surface area (TPSA) is 3.24 Å². The Morgan fingerprint density at radius 2 is 1.69 bits per heavy atom. The van der Waals surface area contributed by atoms with Crippen molar-refractivity contribution in [1.29, 1.82) is 0 Å². The number of likely N-dealkylation sites (tertiary alicyclic amines) is 1. The Bertz CT molecular complexity index is 790. The van der Waals surface area contributed by atoms with E-state index in [9.17, 15) is 0 Å². The van der Waals surface area contributed by atoms with E-state index in [0.29, 0.717) is 5.92 Å². The molecular formula is C28H39N. The minimum absolute atomic E-state index is 0.601. The predicted octanol–water partition coefficient (Wildman–Crippen LogP) is 7.77. The average Bonchev–Trinajstić information content (AvgIpc) is 3.18. The minimum Gasteiger partial charge on any atom is -0.299 e. The number of nitrogens with zero attached hydrogens (tertiary/aromatic N) is 1. The standard InChI is InChI=1S/C16H23N.C12H16/c1-13(2)10-16-11-15(7-6-14(16)3)12-17-8-4-5-9-17;1-10(2)9-11(3)12-7-5-4-6-8-12/h6-7,10-11H,4-5,8-9,12H2,1-3H3;4-8,11H,1,9H2,2-3H3. The fourth-order valence-corrected chi connectivity index (χ4v) is 3.88. The zero-order chi connectivity index (χ0) is 21.2. The highest BCUT2D eigenvalue weighted by Gasteiger charge is 2.11. The number of allylic oxidation sites excluding steroid dienone is 2. The quantitative estimate of drug-likeness (QED) is 0.456. The molecule has 0 aliphatic carbocycles. The second-order valence-electron chi connectivity index (χ2n) is 8.87. The Morgan fingerprint density at radius 3 is 2.28 bits per heavy atom. The van der Waals surface area contributed by atoms with E-state index in [1.807, 2.05) is 0 Å². The fourth-order valence-electron chi connectivity index (χ4n) is 3.88. The Hall–Kier alpha value is -2.12. The lowest BCUT2D eigenvalue weighted by molar-refractivity contribution is 0.331. The molecule has 1 atom stereocenters. The molecule has 0 spiro atoms. The van der Waals surface area contributed by atoms with E-state index in [1.54, 1.807) is 0 Å². The summed E-state index contributed by atoms with van der Waals surface area (Å²) in [5.41, 5.74) is 8.22. The van der Waals surface area contributed by atoms with Crippen LogP contribution < -0.4 is 0 Å². The number of hydrogen-bond acceptors (Lipinski definition) is 1. The van der Waals surface area contributed by atoms with Crippen molar-refractivity contribution < 1.29 is 0 Å². The van der Waals surface area contributed by atoms with Gasteiger partial charge in [-0.25, -0.2) is 0 Å². The fraction of sp³-hybridized carbons (Fsp3) is 0.429. The van der Waals surface area contributed by atoms with Crippen molar-refractivity contribution in [3.8, 4) is 0 Å². The first-order valence-corrected chi connectivity index (χ1v) is 11.0. The molecule has 0 bridgehead atoms. The molecular weight excluding hydrogens is 350 g/mol. The number of aryl methyl sites for hydroxylation is 1. The molecule has 0 aromatic heterocycles. The maximum absolute atomic E-state index is 3.92. The van der Waals surface area contributed by atoms with E-state index in [4.69, 9.17) is 0 Å². The summed E-state index contributed by atoms with van der Waals surface area (Å²) in [6.45, 7) is 18.4. The molecule has 0 radical (unpaired) electrons. The molecule has 0 saturated carbocycles. The maximum Gasteiger partial charge on any atom is 0.0233 e. The summed E-state index contributed by atoms with van der Waals surface area (Å²) in [7, 11) is 0. The first kappa shape index (κ1) is 23.2. The zero-order valence-corrected chi connectivity index (χ0v) is 19.2. The summed E-state index contributed by atoms with van der Waals surface area (Å²) in [4.78, 5) is 2.55. The van der Waals surface area contributed by atoms with Gasteiger partial charge in [0, 0.05) is 6.54 Å². The summed E-state index contributed by atoms with van der Waals surface area (Å²) in [6.07, 6.45) is 6.10. The number of benzene rings is 2. The summed E-state index contributed by atoms with van der Waals surface area (Å²) < 4.78 is 0. The van der Waals surface area contributed by atoms with Gasteiger partial charge in [0.15, 0.2) is 0 Å². The minimum atomic E-state index is 0.601. The Kier molecular flexibility index (Phi) is 9.41. The largest absolute Gasteiger partial charge is 0.299 e. The van der Waals surface area contributed by atoms with Crippen LogP contribution in [0.1, 0.15) is 75.1 Å². The van der Waals surface area contributed by atoms with Crippen LogP contribution in [0.25, 0.3) is 6.08 Å². The highest BCUT2D eigenvalue weighted by molar-refractivity contribution is 5.56. The second kappa shape index (κ2) is 11.8. The van der Waals surface area contributed by atoms with Gasteiger partial charge < -0.3 is 0 Å². The maximum atomic E-state index is 3.92. The van der Waals surface area contributed by atoms with Crippen LogP contribution in [0.3, 0.4) is 0 Å². The Balaban J connectivity index is 0.000000221. The SMILES string of the molecule is C=C(C)CC(C)c1ccccc1.CC(C)=Cc1cc(CN2CCCC2)ccc1C. The van der Waals surface area contributed by atoms with Gasteiger partial charge in [0.25, 0.3) is 0 Å². The van der Waals surface area contributed by atoms with Crippen LogP contribution >= 0.6 is 0 Å². The third-order valence-corrected chi connectivity index (χ3v) is 5.42. The van der Waals surface area contributed by atoms with Gasteiger partial charge in [-0.15, -0.1) is 6.58 Å². The van der Waals surface area contributed by atoms with Gasteiger partial charge in [0.1, 0.15) is 0 Å². The van der Waals surface area contributed by atoms with E-state index in [1.165, 1.54) is 59.3 Å². The van der Waals surface area contributed by atoms with Gasteiger partial charge in [-0.2, -0.15) is 0 Å². The van der Waals surface area contributed by atoms with Crippen molar-refractivity contribution in [3.63, 3.8) is 0 Å². The molecule has 1 heteroatoms. The van der Waals surface area contributed by atoms with Gasteiger partial charge in [0.2, 0.25) is 0 Å². The molecule has 1 heterocycles. The van der Waals surface area contributed by atoms with E-state index in [0.717, 1.165) is 13.0 Å². The molecule has 2 aromatic carbocycles. The first-order valence-electron chi connectivity index (χ1n) is 11.0. The van der Waals surface area contributed by atoms with E-state index in [2.05, 4.69) is 101 Å². The normalized spacial score (nSPS) is 14.7. The Morgan fingerprint density at radius 1 is 1.03 bits per heavy atom. The number of hydrogen-bond donors (Lipinski definition) is 0. The van der Waals surface area contributed by atoms with Gasteiger partial charge in [-0.1, -0.05) is 72.7 Å². The summed E-state index contributed by atoms with van der Waals surface area (Å²) in [5, 5.41) is 0. The van der Waals surface area contributed by atoms with Crippen LogP contribution in [0.5, 0.6) is 0 Å². The van der Waals surface area contributed by atoms with Crippen molar-refractivity contribution in [1.82, 2.24) is 4.90 Å². The molecule has 156 valence electrons. The number of rotatable bonds is 6. The van der Waals surface area contributed by atoms with Crippen LogP contribution in [-0.4, -0.2) is 18.0 Å². The lowest BCUT2D eigenvalue weighted by Gasteiger charge is -2.15. The molecule has 0 amide bonds. The monoisotopic (exact) mass is 389 g/mol. The molecule has 1 aliphatic heterocycles. The highest BCUT2D eigenvalue weighted by Crippen LogP contribution is 2.21. The third-order valence-electron chi connectivity index (χ3n) is 5.42. The molecule has 1 nitrogen and oxygen atoms in total. The van der Waals surface area contributed by atoms with Crippen LogP contribution in [0.15, 0.2) is 66.3 Å². The molecule has 0 N–H and O–H groups in total. The van der Waals surface area contributed by atoms with Crippen LogP contribution in [0, 0.1) is 6.92 Å². The van der Waals surface area contributed by atoms with Crippen molar-refractivity contribution >= 4 is 6.08 Å². The molecule has 1 fully saturated rings. The van der Waals surface area contributed by atoms with Gasteiger partial charge in [0.05, 0.1) is 0 Å². The average molecular weight is 390 g/mol. The van der Waals surface area contributed by atoms with E-state index < -0.39 is 0 Å². The predicted molar refractivity (Wildman–Crippen MR) is 129 cm³/mol. The second-order valence-corrected chi connectivity index (χ2v) is 8.87. The van der Waals surface area contributed by atoms with Crippen molar-refractivity contribution in [2.75, 3.05) is 13.1 Å². The highest BCUT2D eigenvalue weighted by atomic mass is 15.1. The van der Waals surface area contributed by atoms with Gasteiger partial charge >= 0.3 is 0 Å². The zero-order valence-electron chi connectivity index (χ0n) is 19.2. The van der Waals surface area contributed by atoms with E-state index >= 15 is 0 Å². The molecule has 1 saturated heterocycles. The molecule has 1 unspecified atom stereocenters. The first-order chi connectivity index (χ1) is 13.8. The third kappa shape index (κ3) is 8.41. The van der Waals surface area contributed by atoms with Crippen molar-refractivity contribution in [2.24, 2.45) is 0 Å². The van der Waals surface area contributed by atoms with E-state index in [-0.39, 0.29) is 0 Å². The lowest BCUT2D eigenvalue weighted by Crippen LogP contribution is -2.18. The van der Waals surface area contributed by atoms with Gasteiger partial charge in [-0.3, -0.25) is 4.90 Å². The molecule has 3 rings (SSSR count). The smallest absolute Gasteiger partial charge is 0.0233 e. The summed E-state index contributed by atoms with van der Waals surface area (Å²) in [6, 6.07) is 17.4. The van der Waals surface area contributed by atoms with Gasteiger partial charge in [-0.05, 0) is 88.2 Å². The van der Waals surface area contributed by atoms with Crippen LogP contribution in [0.2, 0.25) is 0 Å². The van der Waals surface area contributed by atoms with Crippen LogP contribution in [-0.2, 0) is 6.54 Å². The van der Waals surface area contributed by atoms with Crippen molar-refractivity contribution in [2.45, 2.75) is 66.3 Å². The summed E-state index contributed by atoms with van der Waals surface area (Å²) >= 11 is 0. The summed E-state index contributed by atoms with van der Waals surface area (Å²) in [5.74, 6) is 0.601. The molecule has 1 aliphatic rings. The molecule has 2 aromatic rings.